The van der Waals surface area contributed by atoms with Crippen LogP contribution in [-0.4, -0.2) is 76.4 Å². The summed E-state index contributed by atoms with van der Waals surface area (Å²) in [7, 11) is 0. The molecular formula is C128H74N16. The quantitative estimate of drug-likeness (QED) is 0.155. The number of hydrogen-bond acceptors (Lipinski definition) is 6. The Hall–Kier alpha value is -19.8. The third-order valence-electron chi connectivity index (χ3n) is 30.8. The number of rotatable bonds is 8. The van der Waals surface area contributed by atoms with E-state index < -0.39 is 0 Å². The van der Waals surface area contributed by atoms with Gasteiger partial charge < -0.3 is 46.5 Å². The predicted octanol–water partition coefficient (Wildman–Crippen LogP) is 31.6. The lowest BCUT2D eigenvalue weighted by Crippen LogP contribution is -2.04. The Bertz CT molecular complexity index is 9720. The fourth-order valence-corrected chi connectivity index (χ4v) is 24.8. The number of benzene rings is 20. The molecule has 11 aromatic heterocycles. The molecule has 16 nitrogen and oxygen atoms in total. The van der Waals surface area contributed by atoms with Crippen molar-refractivity contribution in [3.63, 3.8) is 0 Å². The maximum absolute atomic E-state index is 6.24. The van der Waals surface area contributed by atoms with E-state index >= 15 is 0 Å². The van der Waals surface area contributed by atoms with Crippen LogP contribution in [0.2, 0.25) is 0 Å². The van der Waals surface area contributed by atoms with Gasteiger partial charge in [-0.25, -0.2) is 29.9 Å². The summed E-state index contributed by atoms with van der Waals surface area (Å²) in [6.45, 7) is 0. The van der Waals surface area contributed by atoms with Gasteiger partial charge in [-0.1, -0.05) is 291 Å². The molecule has 0 unspecified atom stereocenters. The van der Waals surface area contributed by atoms with Gasteiger partial charge in [0.15, 0.2) is 23.3 Å². The van der Waals surface area contributed by atoms with Gasteiger partial charge in [0.05, 0.1) is 134 Å². The van der Waals surface area contributed by atoms with Crippen LogP contribution >= 0.6 is 0 Å². The van der Waals surface area contributed by atoms with Gasteiger partial charge in [0.2, 0.25) is 0 Å². The van der Waals surface area contributed by atoms with Crippen LogP contribution in [0.5, 0.6) is 0 Å². The molecule has 2 aliphatic rings. The first-order chi connectivity index (χ1) is 71.5. The Kier molecular flexibility index (Phi) is 15.5. The molecule has 13 heterocycles. The van der Waals surface area contributed by atoms with E-state index in [1.807, 2.05) is 0 Å². The Labute approximate surface area is 817 Å². The Morgan fingerprint density at radius 3 is 0.354 bits per heavy atom. The van der Waals surface area contributed by atoms with Gasteiger partial charge >= 0.3 is 0 Å². The molecule has 31 aromatic rings. The smallest absolute Gasteiger partial charge is 0.164 e. The zero-order valence-electron chi connectivity index (χ0n) is 76.8. The SMILES string of the molecule is c1ccc2c(c1)c1ccccc1n2-c1cc2c(cc1-n1c3ccccc3c3ccccc31)-c1nc-2nc2[nH]c(nc3nc(nc4[nH]c(n1)c1cc(-n5c6ccccc6c6ccccc65)c(-n5c6ccccc6c6ccccc65)cc41)-c1cc(-n4c5ccccc5c5ccccc54)c(-n4c5ccccc5c5ccccc54)cc1-3)c1cc(-n3c4ccccc4c4ccccc43)c(-n3c4ccccc4c4ccccc43)cc21. The van der Waals surface area contributed by atoms with Crippen molar-refractivity contribution in [2.45, 2.75) is 0 Å². The van der Waals surface area contributed by atoms with Gasteiger partial charge in [-0.15, -0.1) is 0 Å². The summed E-state index contributed by atoms with van der Waals surface area (Å²) in [6, 6.07) is 159. The normalized spacial score (nSPS) is 12.4. The summed E-state index contributed by atoms with van der Waals surface area (Å²) >= 11 is 0. The van der Waals surface area contributed by atoms with Crippen LogP contribution in [0.3, 0.4) is 0 Å². The van der Waals surface area contributed by atoms with Crippen molar-refractivity contribution in [3.05, 3.63) is 437 Å². The molecule has 20 aromatic carbocycles. The molecule has 2 N–H and O–H groups in total. The van der Waals surface area contributed by atoms with Crippen LogP contribution in [0.1, 0.15) is 0 Å². The van der Waals surface area contributed by atoms with Gasteiger partial charge in [0.25, 0.3) is 0 Å². The van der Waals surface area contributed by atoms with E-state index in [9.17, 15) is 0 Å². The van der Waals surface area contributed by atoms with Crippen LogP contribution in [0.4, 0.5) is 0 Å². The summed E-state index contributed by atoms with van der Waals surface area (Å²) in [5, 5.41) is 21.2. The van der Waals surface area contributed by atoms with Crippen LogP contribution in [0.25, 0.3) is 310 Å². The van der Waals surface area contributed by atoms with E-state index in [2.05, 4.69) is 483 Å². The van der Waals surface area contributed by atoms with Crippen molar-refractivity contribution in [3.8, 4) is 91.1 Å². The summed E-state index contributed by atoms with van der Waals surface area (Å²) in [6.07, 6.45) is 0. The molecule has 0 radical (unpaired) electrons. The highest BCUT2D eigenvalue weighted by Gasteiger charge is 2.34. The molecule has 666 valence electrons. The number of nitrogens with one attached hydrogen (secondary N) is 2. The topological polar surface area (TPSA) is 148 Å². The zero-order valence-corrected chi connectivity index (χ0v) is 76.8. The minimum atomic E-state index is 0.430. The molecule has 8 bridgehead atoms. The second-order valence-corrected chi connectivity index (χ2v) is 38.1. The molecule has 2 aliphatic heterocycles. The standard InChI is InChI=1S/C128H74N16/c1-17-49-97-73(33-1)74-34-2-18-50-98(74)137(97)113-65-89-90(66-114(113)138-99-51-19-3-35-75(99)76-36-4-20-52-100(76)138)122-129-121(89)133-123-91-67-115(139-101-53-21-5-37-77(101)78-38-6-22-54-102(78)139)116(140-103-55-23-7-39-79(103)80-40-8-24-56-104(80)140)68-92(91)125(130-123)135-127-95-71-119(143-109-61-29-13-45-85(109)86-46-14-30-62-110(86)143)120(144-111-63-31-15-47-87(111)88-48-16-32-64-112(88)144)72-96(95)128(132-127)136-126-94-70-118(142-107-59-27-11-43-83(107)84-44-12-28-60-108(84)142)117(69-93(94)124(131-126)134-122)141-105-57-25-9-41-81(105)82-42-10-26-58-106(82)141/h1-72H,(H2,129,130,131,132,133,134,135,136). The lowest BCUT2D eigenvalue weighted by molar-refractivity contribution is 1.10. The molecule has 0 aliphatic carbocycles. The van der Waals surface area contributed by atoms with Gasteiger partial charge in [0.1, 0.15) is 22.6 Å². The Morgan fingerprint density at radius 2 is 0.229 bits per heavy atom. The van der Waals surface area contributed by atoms with Crippen molar-refractivity contribution >= 4 is 219 Å². The van der Waals surface area contributed by atoms with E-state index in [1.165, 1.54) is 0 Å². The van der Waals surface area contributed by atoms with Crippen LogP contribution in [-0.2, 0) is 0 Å². The number of fused-ring (bicyclic) bond motifs is 44. The van der Waals surface area contributed by atoms with E-state index in [0.717, 1.165) is 264 Å². The fourth-order valence-electron chi connectivity index (χ4n) is 24.8. The average molecular weight is 1840 g/mol. The summed E-state index contributed by atoms with van der Waals surface area (Å²) in [5.74, 6) is 1.72. The minimum Gasteiger partial charge on any atom is -0.324 e. The zero-order chi connectivity index (χ0) is 93.5. The maximum Gasteiger partial charge on any atom is 0.164 e. The number of hydrogen-bond donors (Lipinski definition) is 2. The van der Waals surface area contributed by atoms with E-state index in [-0.39, 0.29) is 0 Å². The number of aromatic amines is 2. The van der Waals surface area contributed by atoms with E-state index in [0.29, 0.717) is 45.9 Å². The first-order valence-electron chi connectivity index (χ1n) is 48.9. The highest BCUT2D eigenvalue weighted by molar-refractivity contribution is 6.21. The fraction of sp³-hybridized carbons (Fsp3) is 0. The lowest BCUT2D eigenvalue weighted by Gasteiger charge is -2.18. The highest BCUT2D eigenvalue weighted by atomic mass is 15.1. The highest BCUT2D eigenvalue weighted by Crippen LogP contribution is 2.52. The third-order valence-corrected chi connectivity index (χ3v) is 30.8. The molecule has 0 saturated heterocycles. The number of nitrogens with zero attached hydrogens (tertiary/aromatic N) is 14. The summed E-state index contributed by atoms with van der Waals surface area (Å²) in [5.41, 5.74) is 29.1. The third kappa shape index (κ3) is 10.6. The Morgan fingerprint density at radius 1 is 0.118 bits per heavy atom. The van der Waals surface area contributed by atoms with Gasteiger partial charge in [-0.3, -0.25) is 0 Å². The van der Waals surface area contributed by atoms with Crippen LogP contribution in [0, 0.1) is 0 Å². The largest absolute Gasteiger partial charge is 0.324 e. The van der Waals surface area contributed by atoms with Crippen molar-refractivity contribution < 1.29 is 0 Å². The summed E-state index contributed by atoms with van der Waals surface area (Å²) < 4.78 is 19.6. The van der Waals surface area contributed by atoms with Crippen molar-refractivity contribution in [2.24, 2.45) is 0 Å². The second kappa shape index (κ2) is 28.9. The minimum absolute atomic E-state index is 0.430. The maximum atomic E-state index is 6.24. The first-order valence-corrected chi connectivity index (χ1v) is 48.9. The van der Waals surface area contributed by atoms with Crippen molar-refractivity contribution in [1.82, 2.24) is 76.4 Å². The number of para-hydroxylation sites is 16. The molecule has 33 rings (SSSR count). The molecule has 0 fully saturated rings. The van der Waals surface area contributed by atoms with E-state index in [1.54, 1.807) is 0 Å². The average Bonchev–Trinajstić information content (AvgIpc) is 1.56. The van der Waals surface area contributed by atoms with Gasteiger partial charge in [0, 0.05) is 130 Å². The second-order valence-electron chi connectivity index (χ2n) is 38.1. The Balaban J connectivity index is 0.777. The molecule has 0 amide bonds. The van der Waals surface area contributed by atoms with Crippen molar-refractivity contribution in [2.75, 3.05) is 0 Å². The predicted molar refractivity (Wildman–Crippen MR) is 591 cm³/mol. The van der Waals surface area contributed by atoms with Gasteiger partial charge in [-0.05, 0) is 146 Å². The molecule has 16 heteroatoms. The number of H-pyrrole nitrogens is 2. The molecule has 144 heavy (non-hydrogen) atoms. The van der Waals surface area contributed by atoms with E-state index in [4.69, 9.17) is 29.9 Å². The molecule has 0 saturated carbocycles. The van der Waals surface area contributed by atoms with Crippen LogP contribution < -0.4 is 0 Å². The van der Waals surface area contributed by atoms with Crippen LogP contribution in [0.15, 0.2) is 437 Å². The van der Waals surface area contributed by atoms with Crippen molar-refractivity contribution in [1.29, 1.82) is 0 Å². The lowest BCUT2D eigenvalue weighted by atomic mass is 10.0. The number of aromatic nitrogens is 16. The monoisotopic (exact) mass is 1830 g/mol. The first kappa shape index (κ1) is 77.2. The molecule has 0 spiro atoms. The van der Waals surface area contributed by atoms with Gasteiger partial charge in [-0.2, -0.15) is 0 Å². The molecular weight excluding hydrogens is 1760 g/mol. The molecule has 0 atom stereocenters. The summed E-state index contributed by atoms with van der Waals surface area (Å²) in [4.78, 5) is 45.3.